The van der Waals surface area contributed by atoms with Gasteiger partial charge >= 0.3 is 5.97 Å². The molecule has 2 aromatic carbocycles. The molecule has 3 rings (SSSR count). The summed E-state index contributed by atoms with van der Waals surface area (Å²) in [6.45, 7) is 4.92. The SMILES string of the molecule is CCOC(=O)CC1CNc2ccc(C(C)=Cc3c(F)cccc3Cl)cc2C1. The summed E-state index contributed by atoms with van der Waals surface area (Å²) in [5.74, 6) is -0.290. The van der Waals surface area contributed by atoms with Crippen LogP contribution in [0, 0.1) is 11.7 Å². The highest BCUT2D eigenvalue weighted by atomic mass is 35.5. The number of carbonyl (C=O) groups is 1. The van der Waals surface area contributed by atoms with E-state index in [0.717, 1.165) is 35.4 Å². The first-order chi connectivity index (χ1) is 13.0. The minimum atomic E-state index is -0.337. The molecule has 142 valence electrons. The number of allylic oxidation sites excluding steroid dienone is 1. The summed E-state index contributed by atoms with van der Waals surface area (Å²) < 4.78 is 19.1. The van der Waals surface area contributed by atoms with Crippen molar-refractivity contribution in [2.75, 3.05) is 18.5 Å². The molecule has 1 N–H and O–H groups in total. The lowest BCUT2D eigenvalue weighted by Gasteiger charge is -2.26. The first-order valence-corrected chi connectivity index (χ1v) is 9.50. The van der Waals surface area contributed by atoms with E-state index >= 15 is 0 Å². The molecule has 1 atom stereocenters. The molecule has 0 bridgehead atoms. The predicted octanol–water partition coefficient (Wildman–Crippen LogP) is 5.58. The Morgan fingerprint density at radius 3 is 2.93 bits per heavy atom. The van der Waals surface area contributed by atoms with Gasteiger partial charge in [-0.15, -0.1) is 0 Å². The maximum atomic E-state index is 14.1. The van der Waals surface area contributed by atoms with E-state index in [2.05, 4.69) is 11.4 Å². The monoisotopic (exact) mass is 387 g/mol. The van der Waals surface area contributed by atoms with Crippen molar-refractivity contribution in [2.24, 2.45) is 5.92 Å². The predicted molar refractivity (Wildman–Crippen MR) is 108 cm³/mol. The van der Waals surface area contributed by atoms with Crippen molar-refractivity contribution in [2.45, 2.75) is 26.7 Å². The molecule has 0 fully saturated rings. The van der Waals surface area contributed by atoms with Crippen LogP contribution in [-0.4, -0.2) is 19.1 Å². The van der Waals surface area contributed by atoms with Crippen LogP contribution in [-0.2, 0) is 16.0 Å². The van der Waals surface area contributed by atoms with Crippen molar-refractivity contribution < 1.29 is 13.9 Å². The Bertz CT molecular complexity index is 858. The largest absolute Gasteiger partial charge is 0.466 e. The molecule has 5 heteroatoms. The van der Waals surface area contributed by atoms with Gasteiger partial charge < -0.3 is 10.1 Å². The molecule has 1 aliphatic heterocycles. The average molecular weight is 388 g/mol. The van der Waals surface area contributed by atoms with Crippen LogP contribution >= 0.6 is 11.6 Å². The summed E-state index contributed by atoms with van der Waals surface area (Å²) in [6.07, 6.45) is 2.98. The van der Waals surface area contributed by atoms with Gasteiger partial charge in [-0.05, 0) is 73.2 Å². The highest BCUT2D eigenvalue weighted by Crippen LogP contribution is 2.31. The first kappa shape index (κ1) is 19.4. The third-order valence-corrected chi connectivity index (χ3v) is 5.10. The van der Waals surface area contributed by atoms with E-state index in [1.54, 1.807) is 18.2 Å². The second-order valence-corrected chi connectivity index (χ2v) is 7.20. The van der Waals surface area contributed by atoms with Crippen LogP contribution in [0.25, 0.3) is 11.6 Å². The summed E-state index contributed by atoms with van der Waals surface area (Å²) in [5, 5.41) is 3.78. The molecule has 1 aliphatic rings. The van der Waals surface area contributed by atoms with E-state index in [4.69, 9.17) is 16.3 Å². The zero-order valence-corrected chi connectivity index (χ0v) is 16.3. The Hall–Kier alpha value is -2.33. The van der Waals surface area contributed by atoms with E-state index in [1.807, 2.05) is 26.0 Å². The Balaban J connectivity index is 1.81. The van der Waals surface area contributed by atoms with E-state index in [9.17, 15) is 9.18 Å². The van der Waals surface area contributed by atoms with Crippen molar-refractivity contribution >= 4 is 34.9 Å². The van der Waals surface area contributed by atoms with Crippen molar-refractivity contribution in [1.29, 1.82) is 0 Å². The van der Waals surface area contributed by atoms with Crippen LogP contribution in [0.4, 0.5) is 10.1 Å². The summed E-state index contributed by atoms with van der Waals surface area (Å²) in [7, 11) is 0. The normalized spacial score (nSPS) is 16.4. The number of halogens is 2. The van der Waals surface area contributed by atoms with Gasteiger partial charge in [0.05, 0.1) is 18.1 Å². The van der Waals surface area contributed by atoms with Crippen molar-refractivity contribution in [3.05, 3.63) is 63.9 Å². The fourth-order valence-corrected chi connectivity index (χ4v) is 3.58. The van der Waals surface area contributed by atoms with Gasteiger partial charge in [0.2, 0.25) is 0 Å². The standard InChI is InChI=1S/C22H23ClFNO2/c1-3-27-22(26)11-15-10-17-12-16(7-8-21(17)25-13-15)14(2)9-18-19(23)5-4-6-20(18)24/h4-9,12,15,25H,3,10-11,13H2,1-2H3. The van der Waals surface area contributed by atoms with Crippen LogP contribution in [0.2, 0.25) is 5.02 Å². The summed E-state index contributed by atoms with van der Waals surface area (Å²) >= 11 is 6.13. The number of rotatable bonds is 5. The van der Waals surface area contributed by atoms with Gasteiger partial charge in [0, 0.05) is 17.8 Å². The van der Waals surface area contributed by atoms with Gasteiger partial charge in [0.1, 0.15) is 5.82 Å². The lowest BCUT2D eigenvalue weighted by molar-refractivity contribution is -0.144. The molecule has 2 aromatic rings. The summed E-state index contributed by atoms with van der Waals surface area (Å²) in [5.41, 5.74) is 4.56. The van der Waals surface area contributed by atoms with Crippen molar-refractivity contribution in [3.8, 4) is 0 Å². The van der Waals surface area contributed by atoms with Crippen LogP contribution in [0.3, 0.4) is 0 Å². The second-order valence-electron chi connectivity index (χ2n) is 6.79. The maximum Gasteiger partial charge on any atom is 0.306 e. The molecule has 1 heterocycles. The van der Waals surface area contributed by atoms with Gasteiger partial charge in [0.15, 0.2) is 0 Å². The van der Waals surface area contributed by atoms with Crippen molar-refractivity contribution in [1.82, 2.24) is 0 Å². The Morgan fingerprint density at radius 2 is 2.19 bits per heavy atom. The Morgan fingerprint density at radius 1 is 1.37 bits per heavy atom. The fourth-order valence-electron chi connectivity index (χ4n) is 3.37. The zero-order chi connectivity index (χ0) is 19.4. The number of hydrogen-bond donors (Lipinski definition) is 1. The Kier molecular flexibility index (Phi) is 6.17. The average Bonchev–Trinajstić information content (AvgIpc) is 2.64. The number of esters is 1. The third-order valence-electron chi connectivity index (χ3n) is 4.77. The lowest BCUT2D eigenvalue weighted by atomic mass is 9.89. The van der Waals surface area contributed by atoms with Crippen LogP contribution in [0.15, 0.2) is 36.4 Å². The molecule has 27 heavy (non-hydrogen) atoms. The summed E-state index contributed by atoms with van der Waals surface area (Å²) in [6, 6.07) is 10.8. The molecule has 0 radical (unpaired) electrons. The quantitative estimate of drug-likeness (QED) is 0.537. The smallest absolute Gasteiger partial charge is 0.306 e. The summed E-state index contributed by atoms with van der Waals surface area (Å²) in [4.78, 5) is 11.8. The van der Waals surface area contributed by atoms with Gasteiger partial charge in [-0.25, -0.2) is 4.39 Å². The number of ether oxygens (including phenoxy) is 1. The minimum Gasteiger partial charge on any atom is -0.466 e. The van der Waals surface area contributed by atoms with E-state index < -0.39 is 0 Å². The molecule has 0 saturated carbocycles. The highest BCUT2D eigenvalue weighted by molar-refractivity contribution is 6.32. The van der Waals surface area contributed by atoms with Gasteiger partial charge in [-0.3, -0.25) is 4.79 Å². The molecule has 0 aliphatic carbocycles. The molecule has 0 aromatic heterocycles. The van der Waals surface area contributed by atoms with Crippen LogP contribution in [0.1, 0.15) is 37.0 Å². The maximum absolute atomic E-state index is 14.1. The number of nitrogens with one attached hydrogen (secondary N) is 1. The first-order valence-electron chi connectivity index (χ1n) is 9.13. The molecule has 0 saturated heterocycles. The fraction of sp³-hybridized carbons (Fsp3) is 0.318. The lowest BCUT2D eigenvalue weighted by Crippen LogP contribution is -2.26. The molecular weight excluding hydrogens is 365 g/mol. The van der Waals surface area contributed by atoms with Crippen LogP contribution < -0.4 is 5.32 Å². The number of fused-ring (bicyclic) bond motifs is 1. The van der Waals surface area contributed by atoms with Gasteiger partial charge in [-0.1, -0.05) is 23.7 Å². The minimum absolute atomic E-state index is 0.158. The number of carbonyl (C=O) groups excluding carboxylic acids is 1. The van der Waals surface area contributed by atoms with E-state index in [-0.39, 0.29) is 17.7 Å². The molecule has 0 amide bonds. The number of anilines is 1. The number of benzene rings is 2. The van der Waals surface area contributed by atoms with E-state index in [1.165, 1.54) is 6.07 Å². The molecular formula is C22H23ClFNO2. The zero-order valence-electron chi connectivity index (χ0n) is 15.5. The van der Waals surface area contributed by atoms with Gasteiger partial charge in [-0.2, -0.15) is 0 Å². The van der Waals surface area contributed by atoms with Crippen molar-refractivity contribution in [3.63, 3.8) is 0 Å². The topological polar surface area (TPSA) is 38.3 Å². The van der Waals surface area contributed by atoms with E-state index in [0.29, 0.717) is 23.6 Å². The molecule has 0 spiro atoms. The third kappa shape index (κ3) is 4.69. The Labute approximate surface area is 164 Å². The van der Waals surface area contributed by atoms with Crippen LogP contribution in [0.5, 0.6) is 0 Å². The second kappa shape index (κ2) is 8.57. The molecule has 1 unspecified atom stereocenters. The number of hydrogen-bond acceptors (Lipinski definition) is 3. The molecule has 3 nitrogen and oxygen atoms in total. The highest BCUT2D eigenvalue weighted by Gasteiger charge is 2.21. The van der Waals surface area contributed by atoms with Gasteiger partial charge in [0.25, 0.3) is 0 Å².